The van der Waals surface area contributed by atoms with Crippen LogP contribution in [0.25, 0.3) is 28.1 Å². The number of rotatable bonds is 5. The summed E-state index contributed by atoms with van der Waals surface area (Å²) in [7, 11) is 0. The van der Waals surface area contributed by atoms with Crippen molar-refractivity contribution in [2.45, 2.75) is 12.6 Å². The van der Waals surface area contributed by atoms with Crippen LogP contribution in [-0.2, 0) is 17.4 Å². The Morgan fingerprint density at radius 1 is 0.939 bits per heavy atom. The minimum absolute atomic E-state index is 0.0353. The maximum Gasteiger partial charge on any atom is 0.435 e. The highest BCUT2D eigenvalue weighted by atomic mass is 35.5. The molecule has 0 saturated heterocycles. The molecule has 33 heavy (non-hydrogen) atoms. The minimum Gasteiger partial charge on any atom is -0.369 e. The Balaban J connectivity index is 1.76. The number of aromatic nitrogens is 2. The molecule has 0 aliphatic carbocycles. The van der Waals surface area contributed by atoms with Gasteiger partial charge < -0.3 is 5.73 Å². The van der Waals surface area contributed by atoms with Crippen molar-refractivity contribution < 1.29 is 18.0 Å². The summed E-state index contributed by atoms with van der Waals surface area (Å²) in [6.45, 7) is 0. The smallest absolute Gasteiger partial charge is 0.369 e. The van der Waals surface area contributed by atoms with Gasteiger partial charge in [0.05, 0.1) is 27.8 Å². The number of hydrogen-bond acceptors (Lipinski definition) is 2. The standard InChI is InChI=1S/C24H16Cl2F3N3O/c25-19-3-1-2-18(23(19)26)15-6-8-16(9-7-15)20-13-21(24(27,28)29)31-32(20)17-10-4-14(5-11-17)12-22(30)33/h1-11,13H,12H2,(H2,30,33). The predicted octanol–water partition coefficient (Wildman–Crippen LogP) is 6.56. The molecule has 1 amide bonds. The lowest BCUT2D eigenvalue weighted by Crippen LogP contribution is -2.13. The second kappa shape index (κ2) is 8.92. The summed E-state index contributed by atoms with van der Waals surface area (Å²) in [6.07, 6.45) is -4.58. The Morgan fingerprint density at radius 3 is 2.18 bits per heavy atom. The Bertz CT molecular complexity index is 1310. The molecule has 0 atom stereocenters. The van der Waals surface area contributed by atoms with Gasteiger partial charge in [-0.2, -0.15) is 18.3 Å². The number of halogens is 5. The van der Waals surface area contributed by atoms with Crippen molar-refractivity contribution in [2.24, 2.45) is 5.73 Å². The van der Waals surface area contributed by atoms with Crippen LogP contribution in [0.4, 0.5) is 13.2 Å². The van der Waals surface area contributed by atoms with Gasteiger partial charge in [0.25, 0.3) is 0 Å². The number of hydrogen-bond donors (Lipinski definition) is 1. The van der Waals surface area contributed by atoms with E-state index in [9.17, 15) is 18.0 Å². The van der Waals surface area contributed by atoms with E-state index in [4.69, 9.17) is 28.9 Å². The summed E-state index contributed by atoms with van der Waals surface area (Å²) in [4.78, 5) is 11.1. The van der Waals surface area contributed by atoms with Gasteiger partial charge in [0, 0.05) is 11.1 Å². The first kappa shape index (κ1) is 22.9. The molecule has 0 radical (unpaired) electrons. The number of benzene rings is 3. The molecule has 0 spiro atoms. The van der Waals surface area contributed by atoms with Crippen molar-refractivity contribution >= 4 is 29.1 Å². The van der Waals surface area contributed by atoms with E-state index in [1.54, 1.807) is 60.7 Å². The zero-order chi connectivity index (χ0) is 23.8. The lowest BCUT2D eigenvalue weighted by molar-refractivity contribution is -0.141. The number of alkyl halides is 3. The van der Waals surface area contributed by atoms with E-state index in [0.29, 0.717) is 32.4 Å². The van der Waals surface area contributed by atoms with Crippen LogP contribution >= 0.6 is 23.2 Å². The highest BCUT2D eigenvalue weighted by molar-refractivity contribution is 6.43. The summed E-state index contributed by atoms with van der Waals surface area (Å²) in [6, 6.07) is 19.6. The second-order valence-corrected chi connectivity index (χ2v) is 8.10. The van der Waals surface area contributed by atoms with Crippen LogP contribution in [0.3, 0.4) is 0 Å². The third-order valence-corrected chi connectivity index (χ3v) is 5.82. The molecule has 168 valence electrons. The van der Waals surface area contributed by atoms with Crippen molar-refractivity contribution in [1.82, 2.24) is 9.78 Å². The third-order valence-electron chi connectivity index (χ3n) is 5.00. The fraction of sp³-hybridized carbons (Fsp3) is 0.0833. The highest BCUT2D eigenvalue weighted by Gasteiger charge is 2.35. The molecule has 4 aromatic rings. The number of amides is 1. The normalized spacial score (nSPS) is 11.5. The molecule has 0 bridgehead atoms. The van der Waals surface area contributed by atoms with E-state index in [1.165, 1.54) is 4.68 Å². The Morgan fingerprint density at radius 2 is 1.58 bits per heavy atom. The molecule has 1 heterocycles. The van der Waals surface area contributed by atoms with Gasteiger partial charge in [-0.25, -0.2) is 4.68 Å². The van der Waals surface area contributed by atoms with E-state index in [0.717, 1.165) is 11.6 Å². The van der Waals surface area contributed by atoms with Gasteiger partial charge in [-0.05, 0) is 35.4 Å². The van der Waals surface area contributed by atoms with Crippen LogP contribution in [0.2, 0.25) is 10.0 Å². The average Bonchev–Trinajstić information content (AvgIpc) is 3.22. The van der Waals surface area contributed by atoms with E-state index >= 15 is 0 Å². The Hall–Kier alpha value is -3.29. The van der Waals surface area contributed by atoms with Gasteiger partial charge >= 0.3 is 6.18 Å². The van der Waals surface area contributed by atoms with Crippen LogP contribution < -0.4 is 5.73 Å². The van der Waals surface area contributed by atoms with Crippen LogP contribution in [0.15, 0.2) is 72.8 Å². The van der Waals surface area contributed by atoms with E-state index < -0.39 is 17.8 Å². The van der Waals surface area contributed by atoms with Crippen molar-refractivity contribution in [2.75, 3.05) is 0 Å². The molecule has 1 aromatic heterocycles. The van der Waals surface area contributed by atoms with E-state index in [1.807, 2.05) is 6.07 Å². The van der Waals surface area contributed by atoms with Crippen molar-refractivity contribution in [1.29, 1.82) is 0 Å². The van der Waals surface area contributed by atoms with Crippen LogP contribution in [0, 0.1) is 0 Å². The molecule has 0 unspecified atom stereocenters. The molecule has 0 fully saturated rings. The van der Waals surface area contributed by atoms with Crippen molar-refractivity contribution in [3.8, 4) is 28.1 Å². The molecule has 9 heteroatoms. The molecule has 3 aromatic carbocycles. The maximum absolute atomic E-state index is 13.4. The lowest BCUT2D eigenvalue weighted by Gasteiger charge is -2.10. The maximum atomic E-state index is 13.4. The molecular formula is C24H16Cl2F3N3O. The highest BCUT2D eigenvalue weighted by Crippen LogP contribution is 2.36. The number of nitrogens with zero attached hydrogens (tertiary/aromatic N) is 2. The second-order valence-electron chi connectivity index (χ2n) is 7.31. The van der Waals surface area contributed by atoms with E-state index in [2.05, 4.69) is 5.10 Å². The van der Waals surface area contributed by atoms with Crippen molar-refractivity contribution in [3.63, 3.8) is 0 Å². The van der Waals surface area contributed by atoms with Gasteiger partial charge in [-0.1, -0.05) is 71.7 Å². The van der Waals surface area contributed by atoms with Gasteiger partial charge in [0.2, 0.25) is 5.91 Å². The Kier molecular flexibility index (Phi) is 6.19. The van der Waals surface area contributed by atoms with Gasteiger partial charge in [0.1, 0.15) is 0 Å². The van der Waals surface area contributed by atoms with E-state index in [-0.39, 0.29) is 12.1 Å². The predicted molar refractivity (Wildman–Crippen MR) is 122 cm³/mol. The molecular weight excluding hydrogens is 474 g/mol. The molecule has 0 aliphatic heterocycles. The molecule has 4 rings (SSSR count). The zero-order valence-corrected chi connectivity index (χ0v) is 18.4. The summed E-state index contributed by atoms with van der Waals surface area (Å²) in [5, 5.41) is 4.59. The molecule has 4 nitrogen and oxygen atoms in total. The molecule has 0 saturated carbocycles. The monoisotopic (exact) mass is 489 g/mol. The number of nitrogens with two attached hydrogens (primary N) is 1. The number of carbonyl (C=O) groups is 1. The minimum atomic E-state index is -4.61. The summed E-state index contributed by atoms with van der Waals surface area (Å²) < 4.78 is 41.5. The molecule has 0 aliphatic rings. The van der Waals surface area contributed by atoms with Gasteiger partial charge in [-0.3, -0.25) is 4.79 Å². The zero-order valence-electron chi connectivity index (χ0n) is 16.9. The lowest BCUT2D eigenvalue weighted by atomic mass is 10.0. The first-order chi connectivity index (χ1) is 15.6. The summed E-state index contributed by atoms with van der Waals surface area (Å²) in [5.41, 5.74) is 7.52. The van der Waals surface area contributed by atoms with Crippen molar-refractivity contribution in [3.05, 3.63) is 94.1 Å². The SMILES string of the molecule is NC(=O)Cc1ccc(-n2nc(C(F)(F)F)cc2-c2ccc(-c3cccc(Cl)c3Cl)cc2)cc1. The third kappa shape index (κ3) is 4.89. The van der Waals surface area contributed by atoms with Gasteiger partial charge in [0.15, 0.2) is 5.69 Å². The average molecular weight is 490 g/mol. The van der Waals surface area contributed by atoms with Crippen LogP contribution in [-0.4, -0.2) is 15.7 Å². The topological polar surface area (TPSA) is 60.9 Å². The van der Waals surface area contributed by atoms with Crippen LogP contribution in [0.5, 0.6) is 0 Å². The Labute approximate surface area is 197 Å². The number of carbonyl (C=O) groups excluding carboxylic acids is 1. The fourth-order valence-corrected chi connectivity index (χ4v) is 3.84. The van der Waals surface area contributed by atoms with Crippen LogP contribution in [0.1, 0.15) is 11.3 Å². The number of primary amides is 1. The largest absolute Gasteiger partial charge is 0.435 e. The molecule has 2 N–H and O–H groups in total. The first-order valence-corrected chi connectivity index (χ1v) is 10.5. The summed E-state index contributed by atoms with van der Waals surface area (Å²) >= 11 is 12.4. The first-order valence-electron chi connectivity index (χ1n) is 9.73. The summed E-state index contributed by atoms with van der Waals surface area (Å²) in [5.74, 6) is -0.498. The fourth-order valence-electron chi connectivity index (χ4n) is 3.43. The van der Waals surface area contributed by atoms with Gasteiger partial charge in [-0.15, -0.1) is 0 Å². The quantitative estimate of drug-likeness (QED) is 0.345.